The van der Waals surface area contributed by atoms with E-state index in [1.807, 2.05) is 13.2 Å². The first-order chi connectivity index (χ1) is 8.72. The molecule has 3 unspecified atom stereocenters. The van der Waals surface area contributed by atoms with Crippen LogP contribution >= 0.6 is 12.4 Å². The Morgan fingerprint density at radius 1 is 1.47 bits per heavy atom. The van der Waals surface area contributed by atoms with Gasteiger partial charge in [-0.25, -0.2) is 0 Å². The van der Waals surface area contributed by atoms with Crippen LogP contribution in [0.3, 0.4) is 0 Å². The number of carbonyl (C=O) groups is 1. The van der Waals surface area contributed by atoms with Crippen LogP contribution in [0.5, 0.6) is 0 Å². The summed E-state index contributed by atoms with van der Waals surface area (Å²) in [4.78, 5) is 12.2. The standard InChI is InChI=1S/C13H20N4O.ClH/c1-17-8-10(7-14-17)15-13(18)12-6-9-4-2-3-5-11(9)16-12;/h7-9,11-12,16H,2-6H2,1H3,(H,15,18);1H. The lowest BCUT2D eigenvalue weighted by Crippen LogP contribution is -2.39. The van der Waals surface area contributed by atoms with Gasteiger partial charge in [-0.2, -0.15) is 5.10 Å². The highest BCUT2D eigenvalue weighted by molar-refractivity contribution is 5.94. The summed E-state index contributed by atoms with van der Waals surface area (Å²) in [6.45, 7) is 0. The second kappa shape index (κ2) is 5.92. The molecule has 5 nitrogen and oxygen atoms in total. The molecule has 2 N–H and O–H groups in total. The molecule has 1 amide bonds. The minimum absolute atomic E-state index is 0. The van der Waals surface area contributed by atoms with E-state index in [9.17, 15) is 4.79 Å². The third kappa shape index (κ3) is 3.09. The molecule has 2 heterocycles. The van der Waals surface area contributed by atoms with Gasteiger partial charge in [-0.05, 0) is 25.2 Å². The zero-order valence-electron chi connectivity index (χ0n) is 11.1. The highest BCUT2D eigenvalue weighted by atomic mass is 35.5. The third-order valence-corrected chi connectivity index (χ3v) is 4.15. The van der Waals surface area contributed by atoms with Gasteiger partial charge in [0.15, 0.2) is 0 Å². The van der Waals surface area contributed by atoms with Gasteiger partial charge in [-0.15, -0.1) is 12.4 Å². The summed E-state index contributed by atoms with van der Waals surface area (Å²) < 4.78 is 1.69. The molecule has 1 saturated heterocycles. The van der Waals surface area contributed by atoms with Crippen molar-refractivity contribution in [3.05, 3.63) is 12.4 Å². The van der Waals surface area contributed by atoms with Gasteiger partial charge in [-0.1, -0.05) is 12.8 Å². The minimum Gasteiger partial charge on any atom is -0.322 e. The summed E-state index contributed by atoms with van der Waals surface area (Å²) in [7, 11) is 1.85. The van der Waals surface area contributed by atoms with Gasteiger partial charge in [0.1, 0.15) is 0 Å². The van der Waals surface area contributed by atoms with Crippen molar-refractivity contribution in [2.45, 2.75) is 44.2 Å². The number of amides is 1. The Hall–Kier alpha value is -1.07. The Labute approximate surface area is 119 Å². The van der Waals surface area contributed by atoms with Crippen LogP contribution in [0.2, 0.25) is 0 Å². The topological polar surface area (TPSA) is 59.0 Å². The SMILES string of the molecule is Cl.Cn1cc(NC(=O)C2CC3CCCCC3N2)cn1. The summed E-state index contributed by atoms with van der Waals surface area (Å²) >= 11 is 0. The summed E-state index contributed by atoms with van der Waals surface area (Å²) in [6, 6.07) is 0.529. The quantitative estimate of drug-likeness (QED) is 0.869. The van der Waals surface area contributed by atoms with E-state index in [1.165, 1.54) is 25.7 Å². The van der Waals surface area contributed by atoms with Crippen LogP contribution < -0.4 is 10.6 Å². The maximum absolute atomic E-state index is 12.2. The van der Waals surface area contributed by atoms with Crippen molar-refractivity contribution in [1.82, 2.24) is 15.1 Å². The van der Waals surface area contributed by atoms with Crippen LogP contribution in [0.4, 0.5) is 5.69 Å². The molecule has 0 bridgehead atoms. The predicted molar refractivity (Wildman–Crippen MR) is 76.4 cm³/mol. The number of anilines is 1. The van der Waals surface area contributed by atoms with E-state index in [-0.39, 0.29) is 24.4 Å². The number of halogens is 1. The van der Waals surface area contributed by atoms with E-state index in [2.05, 4.69) is 15.7 Å². The van der Waals surface area contributed by atoms with Crippen molar-refractivity contribution >= 4 is 24.0 Å². The highest BCUT2D eigenvalue weighted by Crippen LogP contribution is 2.33. The summed E-state index contributed by atoms with van der Waals surface area (Å²) in [5.74, 6) is 0.779. The highest BCUT2D eigenvalue weighted by Gasteiger charge is 2.38. The lowest BCUT2D eigenvalue weighted by atomic mass is 9.85. The average Bonchev–Trinajstić information content (AvgIpc) is 2.95. The van der Waals surface area contributed by atoms with E-state index < -0.39 is 0 Å². The van der Waals surface area contributed by atoms with Crippen molar-refractivity contribution in [2.75, 3.05) is 5.32 Å². The molecule has 0 radical (unpaired) electrons. The van der Waals surface area contributed by atoms with E-state index in [0.717, 1.165) is 12.1 Å². The number of aromatic nitrogens is 2. The smallest absolute Gasteiger partial charge is 0.241 e. The average molecular weight is 285 g/mol. The van der Waals surface area contributed by atoms with Gasteiger partial charge in [0.05, 0.1) is 17.9 Å². The maximum atomic E-state index is 12.2. The lowest BCUT2D eigenvalue weighted by Gasteiger charge is -2.24. The first-order valence-electron chi connectivity index (χ1n) is 6.78. The van der Waals surface area contributed by atoms with Gasteiger partial charge in [0, 0.05) is 19.3 Å². The van der Waals surface area contributed by atoms with Crippen LogP contribution in [0.15, 0.2) is 12.4 Å². The Bertz CT molecular complexity index is 434. The number of hydrogen-bond acceptors (Lipinski definition) is 3. The third-order valence-electron chi connectivity index (χ3n) is 4.15. The Kier molecular flexibility index (Phi) is 4.47. The number of fused-ring (bicyclic) bond motifs is 1. The molecule has 2 aliphatic rings. The van der Waals surface area contributed by atoms with E-state index >= 15 is 0 Å². The molecular formula is C13H21ClN4O. The summed E-state index contributed by atoms with van der Waals surface area (Å²) in [5.41, 5.74) is 0.777. The van der Waals surface area contributed by atoms with Crippen molar-refractivity contribution in [1.29, 1.82) is 0 Å². The Morgan fingerprint density at radius 3 is 2.95 bits per heavy atom. The van der Waals surface area contributed by atoms with Crippen LogP contribution in [-0.4, -0.2) is 27.8 Å². The molecule has 2 fully saturated rings. The van der Waals surface area contributed by atoms with Gasteiger partial charge in [-0.3, -0.25) is 9.48 Å². The minimum atomic E-state index is -0.0293. The fourth-order valence-corrected chi connectivity index (χ4v) is 3.24. The first-order valence-corrected chi connectivity index (χ1v) is 6.78. The number of aryl methyl sites for hydroxylation is 1. The molecular weight excluding hydrogens is 264 g/mol. The van der Waals surface area contributed by atoms with Crippen molar-refractivity contribution in [2.24, 2.45) is 13.0 Å². The molecule has 0 aromatic carbocycles. The monoisotopic (exact) mass is 284 g/mol. The van der Waals surface area contributed by atoms with Gasteiger partial charge >= 0.3 is 0 Å². The summed E-state index contributed by atoms with van der Waals surface area (Å²) in [6.07, 6.45) is 9.59. The maximum Gasteiger partial charge on any atom is 0.241 e. The summed E-state index contributed by atoms with van der Waals surface area (Å²) in [5, 5.41) is 10.5. The van der Waals surface area contributed by atoms with Crippen LogP contribution in [0, 0.1) is 5.92 Å². The molecule has 1 aromatic rings. The second-order valence-corrected chi connectivity index (χ2v) is 5.50. The zero-order valence-corrected chi connectivity index (χ0v) is 11.9. The van der Waals surface area contributed by atoms with Crippen molar-refractivity contribution in [3.8, 4) is 0 Å². The number of rotatable bonds is 2. The van der Waals surface area contributed by atoms with Crippen molar-refractivity contribution < 1.29 is 4.79 Å². The fourth-order valence-electron chi connectivity index (χ4n) is 3.24. The molecule has 106 valence electrons. The predicted octanol–water partition coefficient (Wildman–Crippen LogP) is 1.70. The molecule has 0 spiro atoms. The van der Waals surface area contributed by atoms with Crippen LogP contribution in [-0.2, 0) is 11.8 Å². The fraction of sp³-hybridized carbons (Fsp3) is 0.692. The number of hydrogen-bond donors (Lipinski definition) is 2. The number of carbonyl (C=O) groups excluding carboxylic acids is 1. The molecule has 6 heteroatoms. The van der Waals surface area contributed by atoms with Gasteiger partial charge < -0.3 is 10.6 Å². The molecule has 1 aromatic heterocycles. The van der Waals surface area contributed by atoms with Crippen LogP contribution in [0.25, 0.3) is 0 Å². The molecule has 3 atom stereocenters. The van der Waals surface area contributed by atoms with Crippen LogP contribution in [0.1, 0.15) is 32.1 Å². The Morgan fingerprint density at radius 2 is 2.26 bits per heavy atom. The molecule has 1 aliphatic heterocycles. The number of nitrogens with zero attached hydrogens (tertiary/aromatic N) is 2. The first kappa shape index (κ1) is 14.3. The molecule has 19 heavy (non-hydrogen) atoms. The van der Waals surface area contributed by atoms with Gasteiger partial charge in [0.25, 0.3) is 0 Å². The van der Waals surface area contributed by atoms with E-state index in [0.29, 0.717) is 12.0 Å². The largest absolute Gasteiger partial charge is 0.322 e. The van der Waals surface area contributed by atoms with Gasteiger partial charge in [0.2, 0.25) is 5.91 Å². The molecule has 3 rings (SSSR count). The van der Waals surface area contributed by atoms with E-state index in [1.54, 1.807) is 10.9 Å². The normalized spacial score (nSPS) is 29.4. The van der Waals surface area contributed by atoms with Crippen molar-refractivity contribution in [3.63, 3.8) is 0 Å². The molecule has 1 aliphatic carbocycles. The number of nitrogens with one attached hydrogen (secondary N) is 2. The lowest BCUT2D eigenvalue weighted by molar-refractivity contribution is -0.117. The molecule has 1 saturated carbocycles. The Balaban J connectivity index is 0.00000133. The zero-order chi connectivity index (χ0) is 12.5. The van der Waals surface area contributed by atoms with E-state index in [4.69, 9.17) is 0 Å². The second-order valence-electron chi connectivity index (χ2n) is 5.50.